The third-order valence-corrected chi connectivity index (χ3v) is 7.36. The average Bonchev–Trinajstić information content (AvgIpc) is 3.05. The summed E-state index contributed by atoms with van der Waals surface area (Å²) in [6.07, 6.45) is 4.76. The summed E-state index contributed by atoms with van der Waals surface area (Å²) >= 11 is 0. The number of nitrogens with zero attached hydrogens (tertiary/aromatic N) is 1. The van der Waals surface area contributed by atoms with Gasteiger partial charge in [0, 0.05) is 19.6 Å². The van der Waals surface area contributed by atoms with Crippen LogP contribution in [0.15, 0.2) is 72.8 Å². The van der Waals surface area contributed by atoms with Crippen LogP contribution in [0.5, 0.6) is 0 Å². The zero-order chi connectivity index (χ0) is 23.3. The number of rotatable bonds is 8. The molecule has 0 spiro atoms. The lowest BCUT2D eigenvalue weighted by Crippen LogP contribution is -2.47. The number of hydrogen-bond acceptors (Lipinski definition) is 1. The van der Waals surface area contributed by atoms with Gasteiger partial charge in [-0.15, -0.1) is 0 Å². The van der Waals surface area contributed by atoms with Crippen molar-refractivity contribution in [3.8, 4) is 0 Å². The van der Waals surface area contributed by atoms with Crippen LogP contribution in [-0.2, 0) is 19.5 Å². The molecule has 0 bridgehead atoms. The molecular weight excluding hydrogens is 424 g/mol. The molecule has 3 aromatic rings. The molecule has 0 amide bonds. The molecule has 5 rings (SSSR count). The van der Waals surface area contributed by atoms with Crippen LogP contribution in [-0.4, -0.2) is 31.2 Å². The molecule has 0 radical (unpaired) electrons. The Morgan fingerprint density at radius 1 is 0.794 bits per heavy atom. The monoisotopic (exact) mass is 457 g/mol. The Bertz CT molecular complexity index is 1140. The van der Waals surface area contributed by atoms with Crippen LogP contribution < -0.4 is 0 Å². The zero-order valence-electron chi connectivity index (χ0n) is 19.8. The first kappa shape index (κ1) is 23.0. The van der Waals surface area contributed by atoms with Crippen LogP contribution in [0.1, 0.15) is 52.6 Å². The van der Waals surface area contributed by atoms with Crippen LogP contribution >= 0.6 is 0 Å². The van der Waals surface area contributed by atoms with E-state index in [-0.39, 0.29) is 6.67 Å². The van der Waals surface area contributed by atoms with Gasteiger partial charge in [0.15, 0.2) is 0 Å². The minimum absolute atomic E-state index is 0.223. The fraction of sp³-hybridized carbons (Fsp3) is 0.355. The maximum atomic E-state index is 13.9. The van der Waals surface area contributed by atoms with Crippen molar-refractivity contribution >= 4 is 11.1 Å². The van der Waals surface area contributed by atoms with Crippen molar-refractivity contribution in [3.63, 3.8) is 0 Å². The number of alkyl halides is 2. The van der Waals surface area contributed by atoms with Crippen molar-refractivity contribution < 1.29 is 8.78 Å². The Hall–Kier alpha value is -2.78. The number of fused-ring (bicyclic) bond motifs is 1. The highest BCUT2D eigenvalue weighted by Gasteiger charge is 2.26. The van der Waals surface area contributed by atoms with Crippen molar-refractivity contribution in [2.45, 2.75) is 38.8 Å². The van der Waals surface area contributed by atoms with Gasteiger partial charge in [0.1, 0.15) is 6.67 Å². The molecule has 1 nitrogen and oxygen atoms in total. The van der Waals surface area contributed by atoms with Crippen LogP contribution in [0.3, 0.4) is 0 Å². The first-order valence-electron chi connectivity index (χ1n) is 12.6. The van der Waals surface area contributed by atoms with E-state index in [0.29, 0.717) is 12.3 Å². The summed E-state index contributed by atoms with van der Waals surface area (Å²) in [7, 11) is 0. The molecular formula is C31H33F2N. The quantitative estimate of drug-likeness (QED) is 0.343. The minimum Gasteiger partial charge on any atom is -0.303 e. The number of halogens is 2. The number of allylic oxidation sites excluding steroid dienone is 1. The molecule has 1 heterocycles. The minimum atomic E-state index is -0.447. The maximum absolute atomic E-state index is 13.9. The lowest BCUT2D eigenvalue weighted by molar-refractivity contribution is 0.0968. The predicted octanol–water partition coefficient (Wildman–Crippen LogP) is 7.29. The Morgan fingerprint density at radius 2 is 1.53 bits per heavy atom. The molecule has 176 valence electrons. The van der Waals surface area contributed by atoms with E-state index in [1.54, 1.807) is 0 Å². The van der Waals surface area contributed by atoms with Crippen LogP contribution in [0.2, 0.25) is 0 Å². The van der Waals surface area contributed by atoms with Crippen LogP contribution in [0, 0.1) is 5.92 Å². The van der Waals surface area contributed by atoms with Crippen molar-refractivity contribution in [2.24, 2.45) is 5.92 Å². The highest BCUT2D eigenvalue weighted by Crippen LogP contribution is 2.41. The van der Waals surface area contributed by atoms with Gasteiger partial charge in [0.25, 0.3) is 0 Å². The first-order chi connectivity index (χ1) is 16.8. The number of aryl methyl sites for hydroxylation is 1. The van der Waals surface area contributed by atoms with E-state index >= 15 is 0 Å². The zero-order valence-corrected chi connectivity index (χ0v) is 19.8. The van der Waals surface area contributed by atoms with Gasteiger partial charge in [0.05, 0.1) is 6.67 Å². The SMILES string of the molecule is FCCCN1CC(Cc2ccc(C3=C(c4ccccc4CF)CCCc4ccccc43)cc2)C1. The molecule has 2 aliphatic rings. The normalized spacial score (nSPS) is 16.8. The van der Waals surface area contributed by atoms with E-state index in [1.165, 1.54) is 33.4 Å². The summed E-state index contributed by atoms with van der Waals surface area (Å²) in [5.41, 5.74) is 9.54. The molecule has 0 N–H and O–H groups in total. The highest BCUT2D eigenvalue weighted by molar-refractivity contribution is 6.00. The van der Waals surface area contributed by atoms with Crippen LogP contribution in [0.4, 0.5) is 8.78 Å². The van der Waals surface area contributed by atoms with Crippen LogP contribution in [0.25, 0.3) is 11.1 Å². The van der Waals surface area contributed by atoms with E-state index in [2.05, 4.69) is 59.5 Å². The fourth-order valence-corrected chi connectivity index (χ4v) is 5.67. The van der Waals surface area contributed by atoms with Crippen molar-refractivity contribution in [1.82, 2.24) is 4.90 Å². The molecule has 0 atom stereocenters. The van der Waals surface area contributed by atoms with Gasteiger partial charge in [-0.05, 0) is 82.5 Å². The molecule has 0 aromatic heterocycles. The summed E-state index contributed by atoms with van der Waals surface area (Å²) in [4.78, 5) is 2.35. The number of hydrogen-bond donors (Lipinski definition) is 0. The Kier molecular flexibility index (Phi) is 7.20. The third-order valence-electron chi connectivity index (χ3n) is 7.36. The average molecular weight is 458 g/mol. The predicted molar refractivity (Wildman–Crippen MR) is 137 cm³/mol. The van der Waals surface area contributed by atoms with E-state index in [4.69, 9.17) is 0 Å². The smallest absolute Gasteiger partial charge is 0.115 e. The van der Waals surface area contributed by atoms with E-state index < -0.39 is 6.67 Å². The molecule has 1 fully saturated rings. The molecule has 0 saturated carbocycles. The first-order valence-corrected chi connectivity index (χ1v) is 12.6. The summed E-state index contributed by atoms with van der Waals surface area (Å²) < 4.78 is 26.3. The van der Waals surface area contributed by atoms with Crippen molar-refractivity contribution in [3.05, 3.63) is 106 Å². The fourth-order valence-electron chi connectivity index (χ4n) is 5.67. The van der Waals surface area contributed by atoms with Gasteiger partial charge in [-0.2, -0.15) is 0 Å². The van der Waals surface area contributed by atoms with Gasteiger partial charge >= 0.3 is 0 Å². The molecule has 0 unspecified atom stereocenters. The second-order valence-electron chi connectivity index (χ2n) is 9.72. The molecule has 3 aromatic carbocycles. The topological polar surface area (TPSA) is 3.24 Å². The second-order valence-corrected chi connectivity index (χ2v) is 9.72. The lowest BCUT2D eigenvalue weighted by atomic mass is 9.85. The van der Waals surface area contributed by atoms with Gasteiger partial charge < -0.3 is 4.90 Å². The van der Waals surface area contributed by atoms with Crippen molar-refractivity contribution in [2.75, 3.05) is 26.3 Å². The summed E-state index contributed by atoms with van der Waals surface area (Å²) in [5, 5.41) is 0. The third kappa shape index (κ3) is 4.86. The van der Waals surface area contributed by atoms with Crippen molar-refractivity contribution in [1.29, 1.82) is 0 Å². The van der Waals surface area contributed by atoms with E-state index in [9.17, 15) is 8.78 Å². The van der Waals surface area contributed by atoms with Gasteiger partial charge in [-0.25, -0.2) is 4.39 Å². The summed E-state index contributed by atoms with van der Waals surface area (Å²) in [5.74, 6) is 0.662. The lowest BCUT2D eigenvalue weighted by Gasteiger charge is -2.39. The van der Waals surface area contributed by atoms with E-state index in [0.717, 1.165) is 56.4 Å². The Labute approximate surface area is 202 Å². The highest BCUT2D eigenvalue weighted by atomic mass is 19.1. The van der Waals surface area contributed by atoms with Gasteiger partial charge in [-0.3, -0.25) is 4.39 Å². The van der Waals surface area contributed by atoms with Gasteiger partial charge in [0.2, 0.25) is 0 Å². The number of likely N-dealkylation sites (tertiary alicyclic amines) is 1. The Balaban J connectivity index is 1.47. The molecule has 3 heteroatoms. The Morgan fingerprint density at radius 3 is 2.29 bits per heavy atom. The summed E-state index contributed by atoms with van der Waals surface area (Å²) in [6, 6.07) is 25.7. The van der Waals surface area contributed by atoms with Gasteiger partial charge in [-0.1, -0.05) is 72.8 Å². The second kappa shape index (κ2) is 10.7. The standard InChI is InChI=1S/C31H33F2N/c32-17-6-18-34-21-24(22-34)19-23-13-15-26(16-14-23)31-29-11-4-1-7-25(29)9-5-12-30(31)28-10-3-2-8-27(28)20-33/h1-4,7-8,10-11,13-16,24H,5-6,9,12,17-22H2. The molecule has 1 saturated heterocycles. The van der Waals surface area contributed by atoms with E-state index in [1.807, 2.05) is 18.2 Å². The summed E-state index contributed by atoms with van der Waals surface area (Å²) in [6.45, 7) is 2.36. The largest absolute Gasteiger partial charge is 0.303 e. The molecule has 34 heavy (non-hydrogen) atoms. The number of benzene rings is 3. The maximum Gasteiger partial charge on any atom is 0.115 e. The molecule has 1 aliphatic heterocycles. The molecule has 1 aliphatic carbocycles.